The molecule has 0 spiro atoms. The van der Waals surface area contributed by atoms with Crippen LogP contribution in [0.5, 0.6) is 11.5 Å². The second-order valence-electron chi connectivity index (χ2n) is 7.83. The number of rotatable bonds is 9. The van der Waals surface area contributed by atoms with E-state index in [1.54, 1.807) is 54.6 Å². The quantitative estimate of drug-likeness (QED) is 0.337. The lowest BCUT2D eigenvalue weighted by Gasteiger charge is -2.09. The average molecular weight is 508 g/mol. The first kappa shape index (κ1) is 26.4. The SMILES string of the molecule is CC(=O)Oc1ccc(/C=C/S(=O)(=O)CCc2ccc(NC(=O)c3ccccc3)cc2)cc1OC(C)=O. The van der Waals surface area contributed by atoms with Crippen LogP contribution < -0.4 is 14.8 Å². The first-order valence-electron chi connectivity index (χ1n) is 11.0. The van der Waals surface area contributed by atoms with Crippen molar-refractivity contribution in [3.05, 3.63) is 94.9 Å². The van der Waals surface area contributed by atoms with Gasteiger partial charge in [-0.1, -0.05) is 36.4 Å². The van der Waals surface area contributed by atoms with Crippen molar-refractivity contribution in [1.82, 2.24) is 0 Å². The standard InChI is InChI=1S/C27H25NO7S/c1-19(29)34-25-13-10-22(18-26(25)35-20(2)30)15-17-36(32,33)16-14-21-8-11-24(12-9-21)28-27(31)23-6-4-3-5-7-23/h3-13,15,17-18H,14,16H2,1-2H3,(H,28,31)/b17-15+. The zero-order valence-electron chi connectivity index (χ0n) is 19.8. The highest BCUT2D eigenvalue weighted by atomic mass is 32.2. The molecule has 0 unspecified atom stereocenters. The van der Waals surface area contributed by atoms with Gasteiger partial charge in [0.05, 0.1) is 5.75 Å². The molecule has 9 heteroatoms. The number of nitrogens with one attached hydrogen (secondary N) is 1. The van der Waals surface area contributed by atoms with E-state index < -0.39 is 21.8 Å². The maximum absolute atomic E-state index is 12.5. The minimum atomic E-state index is -3.55. The van der Waals surface area contributed by atoms with Crippen LogP contribution in [-0.2, 0) is 25.8 Å². The van der Waals surface area contributed by atoms with E-state index in [0.717, 1.165) is 11.0 Å². The summed E-state index contributed by atoms with van der Waals surface area (Å²) in [5.41, 5.74) is 2.40. The summed E-state index contributed by atoms with van der Waals surface area (Å²) in [7, 11) is -3.55. The molecule has 3 rings (SSSR count). The fourth-order valence-corrected chi connectivity index (χ4v) is 4.18. The van der Waals surface area contributed by atoms with Crippen molar-refractivity contribution in [3.63, 3.8) is 0 Å². The van der Waals surface area contributed by atoms with E-state index in [-0.39, 0.29) is 29.6 Å². The van der Waals surface area contributed by atoms with E-state index in [9.17, 15) is 22.8 Å². The highest BCUT2D eigenvalue weighted by molar-refractivity contribution is 7.94. The van der Waals surface area contributed by atoms with Gasteiger partial charge in [-0.25, -0.2) is 8.42 Å². The van der Waals surface area contributed by atoms with Gasteiger partial charge in [-0.05, 0) is 60.0 Å². The molecular formula is C27H25NO7S. The number of hydrogen-bond donors (Lipinski definition) is 1. The van der Waals surface area contributed by atoms with E-state index >= 15 is 0 Å². The molecule has 0 heterocycles. The summed E-state index contributed by atoms with van der Waals surface area (Å²) in [6, 6.07) is 20.2. The Bertz CT molecular complexity index is 1380. The Balaban J connectivity index is 1.61. The number of ether oxygens (including phenoxy) is 2. The summed E-state index contributed by atoms with van der Waals surface area (Å²) in [5, 5.41) is 3.88. The number of aryl methyl sites for hydroxylation is 1. The second-order valence-corrected chi connectivity index (χ2v) is 9.84. The first-order valence-corrected chi connectivity index (χ1v) is 12.7. The summed E-state index contributed by atoms with van der Waals surface area (Å²) in [4.78, 5) is 34.8. The monoisotopic (exact) mass is 507 g/mol. The van der Waals surface area contributed by atoms with Gasteiger partial charge in [0.25, 0.3) is 5.91 Å². The third-order valence-electron chi connectivity index (χ3n) is 4.87. The van der Waals surface area contributed by atoms with Gasteiger partial charge >= 0.3 is 11.9 Å². The van der Waals surface area contributed by atoms with Crippen molar-refractivity contribution in [2.75, 3.05) is 11.1 Å². The maximum Gasteiger partial charge on any atom is 0.308 e. The van der Waals surface area contributed by atoms with Gasteiger partial charge in [0.15, 0.2) is 21.3 Å². The molecule has 0 aliphatic heterocycles. The van der Waals surface area contributed by atoms with Crippen LogP contribution >= 0.6 is 0 Å². The van der Waals surface area contributed by atoms with Crippen molar-refractivity contribution in [2.45, 2.75) is 20.3 Å². The van der Waals surface area contributed by atoms with Crippen LogP contribution in [0.4, 0.5) is 5.69 Å². The zero-order chi connectivity index (χ0) is 26.1. The highest BCUT2D eigenvalue weighted by Crippen LogP contribution is 2.29. The van der Waals surface area contributed by atoms with Gasteiger partial charge in [0.2, 0.25) is 0 Å². The van der Waals surface area contributed by atoms with Gasteiger partial charge in [-0.2, -0.15) is 0 Å². The summed E-state index contributed by atoms with van der Waals surface area (Å²) >= 11 is 0. The summed E-state index contributed by atoms with van der Waals surface area (Å²) in [5.74, 6) is -1.48. The number of amides is 1. The largest absolute Gasteiger partial charge is 0.423 e. The highest BCUT2D eigenvalue weighted by Gasteiger charge is 2.12. The lowest BCUT2D eigenvalue weighted by Crippen LogP contribution is -2.11. The molecule has 0 saturated carbocycles. The number of esters is 2. The van der Waals surface area contributed by atoms with Crippen molar-refractivity contribution >= 4 is 39.4 Å². The summed E-state index contributed by atoms with van der Waals surface area (Å²) < 4.78 is 35.1. The van der Waals surface area contributed by atoms with Crippen LogP contribution in [-0.4, -0.2) is 32.0 Å². The van der Waals surface area contributed by atoms with E-state index in [1.807, 2.05) is 6.07 Å². The molecule has 8 nitrogen and oxygen atoms in total. The number of carbonyl (C=O) groups excluding carboxylic acids is 3. The molecule has 0 aromatic heterocycles. The molecule has 0 aliphatic carbocycles. The summed E-state index contributed by atoms with van der Waals surface area (Å²) in [6.45, 7) is 2.42. The fourth-order valence-electron chi connectivity index (χ4n) is 3.16. The number of benzene rings is 3. The van der Waals surface area contributed by atoms with E-state index in [1.165, 1.54) is 32.1 Å². The van der Waals surface area contributed by atoms with Gasteiger partial charge in [0.1, 0.15) is 0 Å². The Morgan fingerprint density at radius 1 is 0.833 bits per heavy atom. The zero-order valence-corrected chi connectivity index (χ0v) is 20.6. The van der Waals surface area contributed by atoms with E-state index in [0.29, 0.717) is 16.8 Å². The molecule has 0 aliphatic rings. The van der Waals surface area contributed by atoms with Crippen LogP contribution in [0.2, 0.25) is 0 Å². The van der Waals surface area contributed by atoms with E-state index in [2.05, 4.69) is 5.32 Å². The Morgan fingerprint density at radius 2 is 1.47 bits per heavy atom. The molecule has 186 valence electrons. The molecule has 1 N–H and O–H groups in total. The first-order chi connectivity index (χ1) is 17.1. The molecular weight excluding hydrogens is 482 g/mol. The van der Waals surface area contributed by atoms with E-state index in [4.69, 9.17) is 9.47 Å². The Labute approximate surface area is 209 Å². The molecule has 0 atom stereocenters. The molecule has 3 aromatic carbocycles. The Hall–Kier alpha value is -4.24. The molecule has 0 radical (unpaired) electrons. The molecule has 0 bridgehead atoms. The van der Waals surface area contributed by atoms with Gasteiger partial charge in [0, 0.05) is 30.5 Å². The van der Waals surface area contributed by atoms with Gasteiger partial charge in [-0.3, -0.25) is 14.4 Å². The second kappa shape index (κ2) is 11.9. The minimum Gasteiger partial charge on any atom is -0.423 e. The van der Waals surface area contributed by atoms with Gasteiger partial charge in [-0.15, -0.1) is 0 Å². The average Bonchev–Trinajstić information content (AvgIpc) is 2.84. The number of anilines is 1. The molecule has 1 amide bonds. The van der Waals surface area contributed by atoms with Crippen LogP contribution in [0.25, 0.3) is 6.08 Å². The predicted octanol–water partition coefficient (Wildman–Crippen LogP) is 4.42. The van der Waals surface area contributed by atoms with Crippen molar-refractivity contribution in [1.29, 1.82) is 0 Å². The Kier molecular flexibility index (Phi) is 8.75. The maximum atomic E-state index is 12.5. The Morgan fingerprint density at radius 3 is 2.11 bits per heavy atom. The van der Waals surface area contributed by atoms with Crippen molar-refractivity contribution in [3.8, 4) is 11.5 Å². The van der Waals surface area contributed by atoms with Crippen molar-refractivity contribution < 1.29 is 32.3 Å². The predicted molar refractivity (Wildman–Crippen MR) is 136 cm³/mol. The normalized spacial score (nSPS) is 11.2. The van der Waals surface area contributed by atoms with Crippen molar-refractivity contribution in [2.24, 2.45) is 0 Å². The third kappa shape index (κ3) is 8.21. The number of hydrogen-bond acceptors (Lipinski definition) is 7. The van der Waals surface area contributed by atoms with Crippen LogP contribution in [0.3, 0.4) is 0 Å². The fraction of sp³-hybridized carbons (Fsp3) is 0.148. The van der Waals surface area contributed by atoms with Gasteiger partial charge < -0.3 is 14.8 Å². The minimum absolute atomic E-state index is 0.0108. The third-order valence-corrected chi connectivity index (χ3v) is 6.19. The molecule has 0 fully saturated rings. The van der Waals surface area contributed by atoms with Crippen LogP contribution in [0.15, 0.2) is 78.2 Å². The lowest BCUT2D eigenvalue weighted by molar-refractivity contribution is -0.134. The molecule has 36 heavy (non-hydrogen) atoms. The lowest BCUT2D eigenvalue weighted by atomic mass is 10.1. The molecule has 3 aromatic rings. The topological polar surface area (TPSA) is 116 Å². The number of carbonyl (C=O) groups is 3. The van der Waals surface area contributed by atoms with Crippen LogP contribution in [0, 0.1) is 0 Å². The molecule has 0 saturated heterocycles. The van der Waals surface area contributed by atoms with Crippen LogP contribution in [0.1, 0.15) is 35.3 Å². The summed E-state index contributed by atoms with van der Waals surface area (Å²) in [6.07, 6.45) is 1.66. The smallest absolute Gasteiger partial charge is 0.308 e. The number of sulfone groups is 1.